The molecule has 4 heteroatoms. The number of aryl methyl sites for hydroxylation is 2. The van der Waals surface area contributed by atoms with Crippen molar-refractivity contribution in [1.29, 1.82) is 0 Å². The lowest BCUT2D eigenvalue weighted by Crippen LogP contribution is -1.99. The molecule has 0 spiro atoms. The number of halogens is 2. The first-order valence-corrected chi connectivity index (χ1v) is 3.71. The Morgan fingerprint density at radius 3 is 2.64 bits per heavy atom. The van der Waals surface area contributed by atoms with Crippen molar-refractivity contribution in [3.8, 4) is 0 Å². The van der Waals surface area contributed by atoms with Crippen LogP contribution in [0.4, 0.5) is 4.39 Å². The van der Waals surface area contributed by atoms with Crippen LogP contribution in [0.25, 0.3) is 0 Å². The molecule has 0 atom stereocenters. The van der Waals surface area contributed by atoms with E-state index in [1.807, 2.05) is 6.92 Å². The summed E-state index contributed by atoms with van der Waals surface area (Å²) in [4.78, 5) is 7.54. The van der Waals surface area contributed by atoms with Crippen molar-refractivity contribution < 1.29 is 4.39 Å². The van der Waals surface area contributed by atoms with Gasteiger partial charge in [-0.25, -0.2) is 14.4 Å². The van der Waals surface area contributed by atoms with Gasteiger partial charge in [0.2, 0.25) is 0 Å². The van der Waals surface area contributed by atoms with Crippen molar-refractivity contribution in [2.75, 3.05) is 0 Å². The minimum Gasteiger partial charge on any atom is -0.235 e. The van der Waals surface area contributed by atoms with Crippen LogP contribution in [0.1, 0.15) is 18.4 Å². The Balaban J connectivity index is 3.24. The molecular weight excluding hydrogens is 167 g/mol. The first kappa shape index (κ1) is 8.40. The largest absolute Gasteiger partial charge is 0.235 e. The summed E-state index contributed by atoms with van der Waals surface area (Å²) < 4.78 is 12.9. The summed E-state index contributed by atoms with van der Waals surface area (Å²) in [7, 11) is 0. The van der Waals surface area contributed by atoms with E-state index in [2.05, 4.69) is 9.97 Å². The Hall–Kier alpha value is -0.700. The third-order valence-corrected chi connectivity index (χ3v) is 1.58. The van der Waals surface area contributed by atoms with Gasteiger partial charge in [0.05, 0.1) is 5.69 Å². The van der Waals surface area contributed by atoms with E-state index < -0.39 is 5.82 Å². The van der Waals surface area contributed by atoms with Crippen molar-refractivity contribution >= 4 is 11.6 Å². The van der Waals surface area contributed by atoms with Gasteiger partial charge in [-0.05, 0) is 13.3 Å². The van der Waals surface area contributed by atoms with Crippen LogP contribution in [-0.2, 0) is 6.42 Å². The maximum absolute atomic E-state index is 12.9. The maximum Gasteiger partial charge on any atom is 0.181 e. The minimum absolute atomic E-state index is 0.0886. The van der Waals surface area contributed by atoms with Gasteiger partial charge in [0.1, 0.15) is 5.82 Å². The molecule has 0 amide bonds. The van der Waals surface area contributed by atoms with Crippen LogP contribution in [-0.4, -0.2) is 9.97 Å². The molecule has 0 N–H and O–H groups in total. The van der Waals surface area contributed by atoms with Gasteiger partial charge in [-0.15, -0.1) is 0 Å². The average Bonchev–Trinajstić information content (AvgIpc) is 1.96. The molecule has 1 aromatic heterocycles. The molecule has 1 aromatic rings. The Morgan fingerprint density at radius 1 is 1.45 bits per heavy atom. The van der Waals surface area contributed by atoms with Crippen molar-refractivity contribution in [2.24, 2.45) is 0 Å². The lowest BCUT2D eigenvalue weighted by Gasteiger charge is -2.00. The van der Waals surface area contributed by atoms with Crippen molar-refractivity contribution in [1.82, 2.24) is 9.97 Å². The van der Waals surface area contributed by atoms with Crippen LogP contribution >= 0.6 is 11.6 Å². The summed E-state index contributed by atoms with van der Waals surface area (Å²) >= 11 is 5.47. The fourth-order valence-corrected chi connectivity index (χ4v) is 1.05. The van der Waals surface area contributed by atoms with Gasteiger partial charge in [0.25, 0.3) is 0 Å². The average molecular weight is 175 g/mol. The molecule has 2 nitrogen and oxygen atoms in total. The second kappa shape index (κ2) is 3.13. The van der Waals surface area contributed by atoms with E-state index in [4.69, 9.17) is 11.6 Å². The van der Waals surface area contributed by atoms with Gasteiger partial charge in [-0.3, -0.25) is 0 Å². The molecule has 0 fully saturated rings. The van der Waals surface area contributed by atoms with Gasteiger partial charge in [0, 0.05) is 0 Å². The van der Waals surface area contributed by atoms with Crippen LogP contribution in [0.15, 0.2) is 0 Å². The highest BCUT2D eigenvalue weighted by Crippen LogP contribution is 2.14. The van der Waals surface area contributed by atoms with Crippen LogP contribution in [0.2, 0.25) is 5.15 Å². The first-order chi connectivity index (χ1) is 5.15. The smallest absolute Gasteiger partial charge is 0.181 e. The molecule has 0 aromatic carbocycles. The lowest BCUT2D eigenvalue weighted by molar-refractivity contribution is 0.591. The maximum atomic E-state index is 12.9. The monoisotopic (exact) mass is 174 g/mol. The Labute approximate surface area is 69.4 Å². The van der Waals surface area contributed by atoms with E-state index in [9.17, 15) is 4.39 Å². The lowest BCUT2D eigenvalue weighted by atomic mass is 10.3. The fraction of sp³-hybridized carbons (Fsp3) is 0.429. The second-order valence-electron chi connectivity index (χ2n) is 2.18. The number of aromatic nitrogens is 2. The molecule has 0 saturated heterocycles. The fourth-order valence-electron chi connectivity index (χ4n) is 0.814. The summed E-state index contributed by atoms with van der Waals surface area (Å²) in [6.07, 6.45) is 0.537. The molecule has 1 rings (SSSR count). The van der Waals surface area contributed by atoms with Crippen LogP contribution in [0, 0.1) is 12.7 Å². The Bertz CT molecular complexity index is 275. The van der Waals surface area contributed by atoms with E-state index in [0.29, 0.717) is 17.9 Å². The zero-order valence-corrected chi connectivity index (χ0v) is 7.11. The zero-order valence-electron chi connectivity index (χ0n) is 6.36. The molecule has 0 aliphatic rings. The highest BCUT2D eigenvalue weighted by Gasteiger charge is 2.08. The van der Waals surface area contributed by atoms with Gasteiger partial charge < -0.3 is 0 Å². The minimum atomic E-state index is -0.500. The Morgan fingerprint density at radius 2 is 2.09 bits per heavy atom. The van der Waals surface area contributed by atoms with Gasteiger partial charge in [-0.2, -0.15) is 0 Å². The predicted octanol–water partition coefficient (Wildman–Crippen LogP) is 2.14. The topological polar surface area (TPSA) is 25.8 Å². The number of rotatable bonds is 1. The number of nitrogens with zero attached hydrogens (tertiary/aromatic N) is 2. The van der Waals surface area contributed by atoms with Gasteiger partial charge in [-0.1, -0.05) is 18.5 Å². The molecule has 60 valence electrons. The van der Waals surface area contributed by atoms with Gasteiger partial charge in [0.15, 0.2) is 11.0 Å². The second-order valence-corrected chi connectivity index (χ2v) is 2.53. The summed E-state index contributed by atoms with van der Waals surface area (Å²) in [5.74, 6) is 0.00742. The van der Waals surface area contributed by atoms with Gasteiger partial charge >= 0.3 is 0 Å². The highest BCUT2D eigenvalue weighted by molar-refractivity contribution is 6.29. The third-order valence-electron chi connectivity index (χ3n) is 1.33. The summed E-state index contributed by atoms with van der Waals surface area (Å²) in [6.45, 7) is 3.51. The number of hydrogen-bond acceptors (Lipinski definition) is 2. The highest BCUT2D eigenvalue weighted by atomic mass is 35.5. The molecule has 0 bridgehead atoms. The molecule has 0 saturated carbocycles. The summed E-state index contributed by atoms with van der Waals surface area (Å²) in [5.41, 5.74) is 0.377. The van der Waals surface area contributed by atoms with E-state index in [-0.39, 0.29) is 5.15 Å². The van der Waals surface area contributed by atoms with E-state index in [0.717, 1.165) is 0 Å². The van der Waals surface area contributed by atoms with Crippen LogP contribution in [0.3, 0.4) is 0 Å². The molecule has 0 aliphatic carbocycles. The SMILES string of the molecule is CCc1nc(C)nc(Cl)c1F. The third kappa shape index (κ3) is 1.66. The molecule has 0 radical (unpaired) electrons. The summed E-state index contributed by atoms with van der Waals surface area (Å²) in [6, 6.07) is 0. The predicted molar refractivity (Wildman–Crippen MR) is 41.1 cm³/mol. The molecule has 11 heavy (non-hydrogen) atoms. The molecular formula is C7H8ClFN2. The van der Waals surface area contributed by atoms with E-state index >= 15 is 0 Å². The quantitative estimate of drug-likeness (QED) is 0.610. The Kier molecular flexibility index (Phi) is 2.39. The zero-order chi connectivity index (χ0) is 8.43. The number of hydrogen-bond donors (Lipinski definition) is 0. The first-order valence-electron chi connectivity index (χ1n) is 3.33. The van der Waals surface area contributed by atoms with Crippen molar-refractivity contribution in [3.63, 3.8) is 0 Å². The standard InChI is InChI=1S/C7H8ClFN2/c1-3-5-6(9)7(8)11-4(2)10-5/h3H2,1-2H3. The van der Waals surface area contributed by atoms with E-state index in [1.165, 1.54) is 0 Å². The molecule has 0 unspecified atom stereocenters. The molecule has 0 aliphatic heterocycles. The van der Waals surface area contributed by atoms with Crippen molar-refractivity contribution in [3.05, 3.63) is 22.5 Å². The van der Waals surface area contributed by atoms with Crippen LogP contribution in [0.5, 0.6) is 0 Å². The van der Waals surface area contributed by atoms with Crippen molar-refractivity contribution in [2.45, 2.75) is 20.3 Å². The normalized spacial score (nSPS) is 10.2. The van der Waals surface area contributed by atoms with E-state index in [1.54, 1.807) is 6.92 Å². The molecule has 1 heterocycles. The van der Waals surface area contributed by atoms with Crippen LogP contribution < -0.4 is 0 Å². The summed E-state index contributed by atoms with van der Waals surface area (Å²) in [5, 5.41) is -0.0886.